The van der Waals surface area contributed by atoms with Crippen LogP contribution in [0, 0.1) is 11.6 Å². The van der Waals surface area contributed by atoms with E-state index in [1.807, 2.05) is 12.1 Å². The molecule has 36 heavy (non-hydrogen) atoms. The summed E-state index contributed by atoms with van der Waals surface area (Å²) in [5.41, 5.74) is 8.12. The number of anilines is 3. The number of piperidine rings is 1. The molecule has 3 N–H and O–H groups in total. The minimum atomic E-state index is -0.633. The molecule has 8 nitrogen and oxygen atoms in total. The van der Waals surface area contributed by atoms with Gasteiger partial charge in [0.05, 0.1) is 23.6 Å². The van der Waals surface area contributed by atoms with Gasteiger partial charge in [-0.15, -0.1) is 0 Å². The van der Waals surface area contributed by atoms with Crippen molar-refractivity contribution in [3.63, 3.8) is 0 Å². The maximum absolute atomic E-state index is 15.1. The Morgan fingerprint density at radius 3 is 2.58 bits per heavy atom. The lowest BCUT2D eigenvalue weighted by Crippen LogP contribution is -2.39. The smallest absolute Gasteiger partial charge is 0.229 e. The predicted molar refractivity (Wildman–Crippen MR) is 135 cm³/mol. The number of halogens is 2. The molecular formula is C26H28F2N8. The fourth-order valence-electron chi connectivity index (χ4n) is 5.24. The number of rotatable bonds is 4. The first-order valence-corrected chi connectivity index (χ1v) is 12.3. The van der Waals surface area contributed by atoms with E-state index < -0.39 is 11.6 Å². The molecule has 0 unspecified atom stereocenters. The van der Waals surface area contributed by atoms with Gasteiger partial charge in [0.1, 0.15) is 22.9 Å². The van der Waals surface area contributed by atoms with E-state index in [0.29, 0.717) is 22.4 Å². The number of hydrogen-bond donors (Lipinski definition) is 2. The summed E-state index contributed by atoms with van der Waals surface area (Å²) < 4.78 is 31.9. The first-order chi connectivity index (χ1) is 17.3. The fourth-order valence-corrected chi connectivity index (χ4v) is 5.24. The van der Waals surface area contributed by atoms with Crippen molar-refractivity contribution in [1.29, 1.82) is 0 Å². The topological polar surface area (TPSA) is 97.8 Å². The van der Waals surface area contributed by atoms with Crippen molar-refractivity contribution in [2.45, 2.75) is 51.1 Å². The lowest BCUT2D eigenvalue weighted by atomic mass is 10.0. The van der Waals surface area contributed by atoms with Gasteiger partial charge in [-0.2, -0.15) is 0 Å². The summed E-state index contributed by atoms with van der Waals surface area (Å²) in [7, 11) is 0. The quantitative estimate of drug-likeness (QED) is 0.434. The number of nitrogens with zero attached hydrogens (tertiary/aromatic N) is 6. The van der Waals surface area contributed by atoms with Crippen molar-refractivity contribution < 1.29 is 8.78 Å². The number of nitrogens with two attached hydrogens (primary N) is 1. The van der Waals surface area contributed by atoms with Crippen molar-refractivity contribution in [2.24, 2.45) is 5.73 Å². The highest BCUT2D eigenvalue weighted by atomic mass is 19.1. The Labute approximate surface area is 207 Å². The average Bonchev–Trinajstić information content (AvgIpc) is 3.39. The van der Waals surface area contributed by atoms with E-state index in [1.165, 1.54) is 6.07 Å². The number of pyridine rings is 1. The Morgan fingerprint density at radius 2 is 1.83 bits per heavy atom. The average molecular weight is 491 g/mol. The van der Waals surface area contributed by atoms with Gasteiger partial charge in [0.25, 0.3) is 0 Å². The SMILES string of the molecule is CC1(C)CCc2nc3c(F)cc(-c4nc(Nc5ccc(N6CCC(N)CC6)cn5)ncc4F)cc3n21. The van der Waals surface area contributed by atoms with E-state index in [1.54, 1.807) is 12.3 Å². The highest BCUT2D eigenvalue weighted by Gasteiger charge is 2.33. The van der Waals surface area contributed by atoms with Crippen LogP contribution in [0.25, 0.3) is 22.3 Å². The molecule has 10 heteroatoms. The van der Waals surface area contributed by atoms with Crippen LogP contribution in [0.2, 0.25) is 0 Å². The van der Waals surface area contributed by atoms with Crippen LogP contribution in [0.4, 0.5) is 26.2 Å². The lowest BCUT2D eigenvalue weighted by Gasteiger charge is -2.31. The fraction of sp³-hybridized carbons (Fsp3) is 0.385. The summed E-state index contributed by atoms with van der Waals surface area (Å²) in [6.07, 6.45) is 6.49. The lowest BCUT2D eigenvalue weighted by molar-refractivity contribution is 0.386. The second-order valence-corrected chi connectivity index (χ2v) is 10.2. The maximum Gasteiger partial charge on any atom is 0.229 e. The zero-order valence-electron chi connectivity index (χ0n) is 20.3. The maximum atomic E-state index is 15.1. The van der Waals surface area contributed by atoms with E-state index in [0.717, 1.165) is 56.5 Å². The summed E-state index contributed by atoms with van der Waals surface area (Å²) in [4.78, 5) is 19.6. The Bertz CT molecular complexity index is 1440. The number of aromatic nitrogens is 5. The third kappa shape index (κ3) is 3.95. The largest absolute Gasteiger partial charge is 0.370 e. The van der Waals surface area contributed by atoms with Gasteiger partial charge in [0.15, 0.2) is 11.6 Å². The number of hydrogen-bond acceptors (Lipinski definition) is 7. The zero-order valence-corrected chi connectivity index (χ0v) is 20.3. The Kier molecular flexibility index (Phi) is 5.36. The van der Waals surface area contributed by atoms with Crippen LogP contribution in [-0.2, 0) is 12.0 Å². The standard InChI is InChI=1S/C26H28F2N8/c1-26(2)8-5-22-33-24-18(27)11-15(12-20(24)36(22)26)23-19(28)14-31-25(34-23)32-21-4-3-17(13-30-21)35-9-6-16(29)7-10-35/h3-4,11-14,16H,5-10,29H2,1-2H3,(H,30,31,32,34). The van der Waals surface area contributed by atoms with Gasteiger partial charge in [-0.1, -0.05) is 0 Å². The summed E-state index contributed by atoms with van der Waals surface area (Å²) in [6.45, 7) is 6.00. The normalized spacial score (nSPS) is 17.5. The second-order valence-electron chi connectivity index (χ2n) is 10.2. The van der Waals surface area contributed by atoms with E-state index in [2.05, 4.69) is 48.6 Å². The van der Waals surface area contributed by atoms with Crippen LogP contribution >= 0.6 is 0 Å². The molecule has 0 radical (unpaired) electrons. The van der Waals surface area contributed by atoms with Crippen molar-refractivity contribution in [3.8, 4) is 11.3 Å². The zero-order chi connectivity index (χ0) is 25.0. The van der Waals surface area contributed by atoms with Crippen LogP contribution in [0.3, 0.4) is 0 Å². The third-order valence-corrected chi connectivity index (χ3v) is 7.26. The molecule has 3 aromatic heterocycles. The van der Waals surface area contributed by atoms with E-state index in [9.17, 15) is 4.39 Å². The Morgan fingerprint density at radius 1 is 1.03 bits per heavy atom. The number of aryl methyl sites for hydroxylation is 1. The Hall–Kier alpha value is -3.66. The van der Waals surface area contributed by atoms with Crippen LogP contribution in [0.1, 0.15) is 38.9 Å². The molecule has 1 aromatic carbocycles. The summed E-state index contributed by atoms with van der Waals surface area (Å²) in [5, 5.41) is 3.03. The number of nitrogens with one attached hydrogen (secondary N) is 1. The molecule has 0 saturated carbocycles. The van der Waals surface area contributed by atoms with E-state index >= 15 is 4.39 Å². The molecular weight excluding hydrogens is 462 g/mol. The molecule has 2 aliphatic heterocycles. The van der Waals surface area contributed by atoms with E-state index in [-0.39, 0.29) is 23.2 Å². The molecule has 2 aliphatic rings. The van der Waals surface area contributed by atoms with Gasteiger partial charge in [-0.05, 0) is 57.4 Å². The summed E-state index contributed by atoms with van der Waals surface area (Å²) >= 11 is 0. The number of fused-ring (bicyclic) bond motifs is 3. The van der Waals surface area contributed by atoms with Gasteiger partial charge < -0.3 is 20.5 Å². The van der Waals surface area contributed by atoms with Crippen LogP contribution in [-0.4, -0.2) is 43.6 Å². The first-order valence-electron chi connectivity index (χ1n) is 12.3. The van der Waals surface area contributed by atoms with E-state index in [4.69, 9.17) is 5.73 Å². The number of imidazole rings is 1. The van der Waals surface area contributed by atoms with Gasteiger partial charge in [-0.25, -0.2) is 28.7 Å². The minimum Gasteiger partial charge on any atom is -0.370 e. The van der Waals surface area contributed by atoms with Gasteiger partial charge in [0.2, 0.25) is 5.95 Å². The van der Waals surface area contributed by atoms with Crippen molar-refractivity contribution in [3.05, 3.63) is 54.1 Å². The van der Waals surface area contributed by atoms with Crippen LogP contribution in [0.5, 0.6) is 0 Å². The molecule has 0 amide bonds. The highest BCUT2D eigenvalue weighted by Crippen LogP contribution is 2.38. The molecule has 1 fully saturated rings. The summed E-state index contributed by atoms with van der Waals surface area (Å²) in [6, 6.07) is 7.11. The molecule has 0 bridgehead atoms. The van der Waals surface area contributed by atoms with Crippen molar-refractivity contribution in [2.75, 3.05) is 23.3 Å². The molecule has 6 rings (SSSR count). The molecule has 0 aliphatic carbocycles. The highest BCUT2D eigenvalue weighted by molar-refractivity contribution is 5.83. The molecule has 0 atom stereocenters. The third-order valence-electron chi connectivity index (χ3n) is 7.26. The van der Waals surface area contributed by atoms with Crippen LogP contribution < -0.4 is 16.0 Å². The second kappa shape index (κ2) is 8.48. The Balaban J connectivity index is 1.29. The summed E-state index contributed by atoms with van der Waals surface area (Å²) in [5.74, 6) is 0.422. The minimum absolute atomic E-state index is 0.0147. The molecule has 1 saturated heterocycles. The van der Waals surface area contributed by atoms with Crippen molar-refractivity contribution >= 4 is 28.5 Å². The van der Waals surface area contributed by atoms with Gasteiger partial charge in [0, 0.05) is 36.7 Å². The molecule has 4 aromatic rings. The molecule has 0 spiro atoms. The molecule has 5 heterocycles. The van der Waals surface area contributed by atoms with Gasteiger partial charge in [-0.3, -0.25) is 0 Å². The van der Waals surface area contributed by atoms with Crippen molar-refractivity contribution in [1.82, 2.24) is 24.5 Å². The van der Waals surface area contributed by atoms with Crippen LogP contribution in [0.15, 0.2) is 36.7 Å². The monoisotopic (exact) mass is 490 g/mol. The first kappa shape index (κ1) is 22.8. The molecule has 186 valence electrons. The predicted octanol–water partition coefficient (Wildman–Crippen LogP) is 4.52. The number of benzene rings is 1. The van der Waals surface area contributed by atoms with Gasteiger partial charge >= 0.3 is 0 Å².